The molecule has 1 amide bonds. The second kappa shape index (κ2) is 6.85. The Balaban J connectivity index is 2.63. The van der Waals surface area contributed by atoms with Crippen LogP contribution < -0.4 is 10.1 Å². The van der Waals surface area contributed by atoms with Gasteiger partial charge in [-0.1, -0.05) is 6.92 Å². The minimum atomic E-state index is -0.895. The fourth-order valence-corrected chi connectivity index (χ4v) is 1.31. The molecule has 0 aliphatic heterocycles. The minimum Gasteiger partial charge on any atom is -0.463 e. The smallest absolute Gasteiger partial charge is 0.251 e. The van der Waals surface area contributed by atoms with E-state index in [-0.39, 0.29) is 18.6 Å². The first-order chi connectivity index (χ1) is 8.21. The zero-order valence-corrected chi connectivity index (χ0v) is 9.65. The number of benzene rings is 1. The van der Waals surface area contributed by atoms with Gasteiger partial charge >= 0.3 is 0 Å². The Labute approximate surface area is 99.4 Å². The van der Waals surface area contributed by atoms with Gasteiger partial charge < -0.3 is 15.2 Å². The molecule has 0 aliphatic rings. The second-order valence-corrected chi connectivity index (χ2v) is 3.54. The van der Waals surface area contributed by atoms with Crippen molar-refractivity contribution in [2.75, 3.05) is 13.5 Å². The number of rotatable bonds is 6. The van der Waals surface area contributed by atoms with E-state index in [9.17, 15) is 9.18 Å². The third-order valence-electron chi connectivity index (χ3n) is 2.39. The van der Waals surface area contributed by atoms with Crippen molar-refractivity contribution in [1.82, 2.24) is 5.32 Å². The summed E-state index contributed by atoms with van der Waals surface area (Å²) >= 11 is 0. The van der Waals surface area contributed by atoms with E-state index in [0.29, 0.717) is 17.7 Å². The second-order valence-electron chi connectivity index (χ2n) is 3.54. The number of amides is 1. The zero-order valence-electron chi connectivity index (χ0n) is 9.65. The van der Waals surface area contributed by atoms with Crippen molar-refractivity contribution < 1.29 is 19.0 Å². The number of aliphatic hydroxyl groups excluding tert-OH is 1. The number of nitrogens with one attached hydrogen (secondary N) is 1. The molecule has 1 rings (SSSR count). The van der Waals surface area contributed by atoms with E-state index >= 15 is 0 Å². The van der Waals surface area contributed by atoms with Crippen molar-refractivity contribution in [3.8, 4) is 5.75 Å². The molecule has 0 spiro atoms. The van der Waals surface area contributed by atoms with E-state index in [0.717, 1.165) is 0 Å². The van der Waals surface area contributed by atoms with Crippen LogP contribution in [0, 0.1) is 0 Å². The Morgan fingerprint density at radius 3 is 2.59 bits per heavy atom. The molecular formula is C12H16FNO3. The molecule has 0 bridgehead atoms. The van der Waals surface area contributed by atoms with Crippen LogP contribution in [-0.4, -0.2) is 30.5 Å². The fraction of sp³-hybridized carbons (Fsp3) is 0.417. The molecule has 4 nitrogen and oxygen atoms in total. The number of carbonyl (C=O) groups is 1. The van der Waals surface area contributed by atoms with Gasteiger partial charge in [-0.3, -0.25) is 4.79 Å². The van der Waals surface area contributed by atoms with Crippen LogP contribution in [0.4, 0.5) is 4.39 Å². The molecule has 1 atom stereocenters. The number of alkyl halides is 1. The normalized spacial score (nSPS) is 11.9. The minimum absolute atomic E-state index is 0.0920. The molecule has 2 N–H and O–H groups in total. The quantitative estimate of drug-likeness (QED) is 0.793. The maximum absolute atomic E-state index is 11.9. The van der Waals surface area contributed by atoms with E-state index in [1.54, 1.807) is 12.1 Å². The molecule has 0 fully saturated rings. The van der Waals surface area contributed by atoms with Crippen molar-refractivity contribution >= 4 is 5.91 Å². The summed E-state index contributed by atoms with van der Waals surface area (Å²) in [5, 5.41) is 11.6. The van der Waals surface area contributed by atoms with Crippen LogP contribution in [0.3, 0.4) is 0 Å². The van der Waals surface area contributed by atoms with Crippen molar-refractivity contribution in [3.63, 3.8) is 0 Å². The van der Waals surface area contributed by atoms with E-state index < -0.39 is 6.86 Å². The van der Waals surface area contributed by atoms with E-state index in [4.69, 9.17) is 5.11 Å². The van der Waals surface area contributed by atoms with Crippen LogP contribution in [0.1, 0.15) is 23.7 Å². The number of ether oxygens (including phenoxy) is 1. The molecule has 0 aliphatic carbocycles. The highest BCUT2D eigenvalue weighted by atomic mass is 19.1. The third kappa shape index (κ3) is 4.03. The Hall–Kier alpha value is -1.62. The topological polar surface area (TPSA) is 58.6 Å². The summed E-state index contributed by atoms with van der Waals surface area (Å²) in [5.74, 6) is 0.107. The number of carbonyl (C=O) groups excluding carboxylic acids is 1. The SMILES string of the molecule is CC[C@@H](CO)NC(=O)c1ccc(OCF)cc1. The molecule has 94 valence electrons. The lowest BCUT2D eigenvalue weighted by Gasteiger charge is -2.14. The molecule has 0 saturated heterocycles. The summed E-state index contributed by atoms with van der Waals surface area (Å²) in [5.41, 5.74) is 0.447. The molecule has 1 aromatic carbocycles. The lowest BCUT2D eigenvalue weighted by molar-refractivity contribution is 0.0915. The van der Waals surface area contributed by atoms with Crippen molar-refractivity contribution in [2.24, 2.45) is 0 Å². The molecule has 0 radical (unpaired) electrons. The molecule has 17 heavy (non-hydrogen) atoms. The standard InChI is InChI=1S/C12H16FNO3/c1-2-10(7-15)14-12(16)9-3-5-11(6-4-9)17-8-13/h3-6,10,15H,2,7-8H2,1H3,(H,14,16)/t10-/m0/s1. The van der Waals surface area contributed by atoms with Crippen LogP contribution in [0.15, 0.2) is 24.3 Å². The molecule has 1 aromatic rings. The summed E-state index contributed by atoms with van der Waals surface area (Å²) in [7, 11) is 0. The van der Waals surface area contributed by atoms with Crippen LogP contribution in [0.25, 0.3) is 0 Å². The summed E-state index contributed by atoms with van der Waals surface area (Å²) in [4.78, 5) is 11.7. The first-order valence-corrected chi connectivity index (χ1v) is 5.41. The van der Waals surface area contributed by atoms with Crippen LogP contribution in [0.5, 0.6) is 5.75 Å². The van der Waals surface area contributed by atoms with Crippen LogP contribution in [0.2, 0.25) is 0 Å². The summed E-state index contributed by atoms with van der Waals surface area (Å²) in [6.07, 6.45) is 0.658. The van der Waals surface area contributed by atoms with E-state index in [1.807, 2.05) is 6.92 Å². The van der Waals surface area contributed by atoms with Crippen molar-refractivity contribution in [3.05, 3.63) is 29.8 Å². The largest absolute Gasteiger partial charge is 0.463 e. The van der Waals surface area contributed by atoms with E-state index in [1.165, 1.54) is 12.1 Å². The monoisotopic (exact) mass is 241 g/mol. The first kappa shape index (κ1) is 13.4. The van der Waals surface area contributed by atoms with Crippen LogP contribution in [-0.2, 0) is 0 Å². The lowest BCUT2D eigenvalue weighted by atomic mass is 10.1. The Kier molecular flexibility index (Phi) is 5.42. The maximum Gasteiger partial charge on any atom is 0.251 e. The predicted molar refractivity (Wildman–Crippen MR) is 61.7 cm³/mol. The number of hydrogen-bond donors (Lipinski definition) is 2. The average Bonchev–Trinajstić information content (AvgIpc) is 2.37. The average molecular weight is 241 g/mol. The molecule has 0 unspecified atom stereocenters. The van der Waals surface area contributed by atoms with Gasteiger partial charge in [-0.2, -0.15) is 0 Å². The zero-order chi connectivity index (χ0) is 12.7. The summed E-state index contributed by atoms with van der Waals surface area (Å²) < 4.78 is 16.5. The number of aliphatic hydroxyl groups is 1. The highest BCUT2D eigenvalue weighted by molar-refractivity contribution is 5.94. The number of hydrogen-bond acceptors (Lipinski definition) is 3. The number of halogens is 1. The van der Waals surface area contributed by atoms with Gasteiger partial charge in [-0.05, 0) is 30.7 Å². The van der Waals surface area contributed by atoms with Gasteiger partial charge in [-0.25, -0.2) is 4.39 Å². The highest BCUT2D eigenvalue weighted by Crippen LogP contribution is 2.12. The van der Waals surface area contributed by atoms with Gasteiger partial charge in [-0.15, -0.1) is 0 Å². The molecule has 0 saturated carbocycles. The van der Waals surface area contributed by atoms with Crippen LogP contribution >= 0.6 is 0 Å². The van der Waals surface area contributed by atoms with Crippen molar-refractivity contribution in [2.45, 2.75) is 19.4 Å². The molecule has 0 aromatic heterocycles. The highest BCUT2D eigenvalue weighted by Gasteiger charge is 2.10. The predicted octanol–water partition coefficient (Wildman–Crippen LogP) is 1.49. The van der Waals surface area contributed by atoms with Gasteiger partial charge in [0, 0.05) is 5.56 Å². The van der Waals surface area contributed by atoms with E-state index in [2.05, 4.69) is 10.1 Å². The molecule has 0 heterocycles. The van der Waals surface area contributed by atoms with Gasteiger partial charge in [0.05, 0.1) is 12.6 Å². The molecular weight excluding hydrogens is 225 g/mol. The maximum atomic E-state index is 11.9. The van der Waals surface area contributed by atoms with Gasteiger partial charge in [0.2, 0.25) is 6.86 Å². The Bertz CT molecular complexity index is 349. The van der Waals surface area contributed by atoms with Crippen molar-refractivity contribution in [1.29, 1.82) is 0 Å². The Morgan fingerprint density at radius 1 is 1.47 bits per heavy atom. The fourth-order valence-electron chi connectivity index (χ4n) is 1.31. The lowest BCUT2D eigenvalue weighted by Crippen LogP contribution is -2.36. The van der Waals surface area contributed by atoms with Gasteiger partial charge in [0.1, 0.15) is 5.75 Å². The van der Waals surface area contributed by atoms with Gasteiger partial charge in [0.15, 0.2) is 0 Å². The molecule has 5 heteroatoms. The summed E-state index contributed by atoms with van der Waals surface area (Å²) in [6, 6.07) is 5.89. The van der Waals surface area contributed by atoms with Gasteiger partial charge in [0.25, 0.3) is 5.91 Å². The third-order valence-corrected chi connectivity index (χ3v) is 2.39. The summed E-state index contributed by atoms with van der Waals surface area (Å²) in [6.45, 7) is 0.888. The Morgan fingerprint density at radius 2 is 2.12 bits per heavy atom. The first-order valence-electron chi connectivity index (χ1n) is 5.41.